The third-order valence-electron chi connectivity index (χ3n) is 2.58. The van der Waals surface area contributed by atoms with E-state index in [4.69, 9.17) is 18.9 Å². The molecule has 146 valence electrons. The van der Waals surface area contributed by atoms with Gasteiger partial charge in [-0.05, 0) is 41.5 Å². The standard InChI is InChI=1S/C17H30O7S/c1-12(2)23-11-21-8-13(18)9-22-14(19)10-25-17(6,7)15(20)24-16(3,4)5/h13,18H,1,8-11H2,2-7H3. The largest absolute Gasteiger partial charge is 0.473 e. The van der Waals surface area contributed by atoms with E-state index in [9.17, 15) is 14.7 Å². The summed E-state index contributed by atoms with van der Waals surface area (Å²) < 4.78 is 19.4. The van der Waals surface area contributed by atoms with Gasteiger partial charge in [0, 0.05) is 0 Å². The Morgan fingerprint density at radius 2 is 1.72 bits per heavy atom. The van der Waals surface area contributed by atoms with Crippen LogP contribution < -0.4 is 0 Å². The maximum Gasteiger partial charge on any atom is 0.322 e. The van der Waals surface area contributed by atoms with Crippen molar-refractivity contribution in [2.45, 2.75) is 58.0 Å². The number of carbonyl (C=O) groups excluding carboxylic acids is 2. The first-order valence-electron chi connectivity index (χ1n) is 7.90. The van der Waals surface area contributed by atoms with Gasteiger partial charge in [0.15, 0.2) is 6.79 Å². The molecule has 0 saturated carbocycles. The average molecular weight is 378 g/mol. The molecule has 0 rings (SSSR count). The van der Waals surface area contributed by atoms with Crippen molar-refractivity contribution < 1.29 is 33.6 Å². The lowest BCUT2D eigenvalue weighted by molar-refractivity contribution is -0.156. The number of ether oxygens (including phenoxy) is 4. The average Bonchev–Trinajstić information content (AvgIpc) is 2.45. The van der Waals surface area contributed by atoms with Gasteiger partial charge in [0.25, 0.3) is 0 Å². The van der Waals surface area contributed by atoms with E-state index in [1.165, 1.54) is 0 Å². The van der Waals surface area contributed by atoms with Crippen LogP contribution in [0.25, 0.3) is 0 Å². The van der Waals surface area contributed by atoms with Crippen molar-refractivity contribution >= 4 is 23.7 Å². The van der Waals surface area contributed by atoms with E-state index in [0.29, 0.717) is 5.76 Å². The van der Waals surface area contributed by atoms with Gasteiger partial charge in [-0.1, -0.05) is 6.58 Å². The third-order valence-corrected chi connectivity index (χ3v) is 3.85. The van der Waals surface area contributed by atoms with Gasteiger partial charge < -0.3 is 24.1 Å². The van der Waals surface area contributed by atoms with Gasteiger partial charge in [0.2, 0.25) is 0 Å². The molecule has 0 bridgehead atoms. The summed E-state index contributed by atoms with van der Waals surface area (Å²) in [6, 6.07) is 0. The maximum atomic E-state index is 12.1. The van der Waals surface area contributed by atoms with Gasteiger partial charge in [-0.15, -0.1) is 11.8 Å². The van der Waals surface area contributed by atoms with Crippen molar-refractivity contribution in [1.82, 2.24) is 0 Å². The van der Waals surface area contributed by atoms with E-state index in [2.05, 4.69) is 6.58 Å². The Morgan fingerprint density at radius 1 is 1.12 bits per heavy atom. The van der Waals surface area contributed by atoms with Crippen LogP contribution in [0.2, 0.25) is 0 Å². The summed E-state index contributed by atoms with van der Waals surface area (Å²) in [6.07, 6.45) is -0.957. The number of rotatable bonds is 11. The topological polar surface area (TPSA) is 91.3 Å². The smallest absolute Gasteiger partial charge is 0.322 e. The van der Waals surface area contributed by atoms with Gasteiger partial charge in [-0.2, -0.15) is 0 Å². The molecule has 1 N–H and O–H groups in total. The number of allylic oxidation sites excluding steroid dienone is 1. The molecule has 0 radical (unpaired) electrons. The molecule has 0 aliphatic rings. The molecule has 0 aromatic rings. The van der Waals surface area contributed by atoms with Crippen LogP contribution >= 0.6 is 11.8 Å². The van der Waals surface area contributed by atoms with Crippen molar-refractivity contribution in [3.05, 3.63) is 12.3 Å². The van der Waals surface area contributed by atoms with Gasteiger partial charge in [-0.3, -0.25) is 9.59 Å². The maximum absolute atomic E-state index is 12.1. The molecule has 0 amide bonds. The van der Waals surface area contributed by atoms with E-state index in [-0.39, 0.29) is 25.8 Å². The van der Waals surface area contributed by atoms with Crippen molar-refractivity contribution in [1.29, 1.82) is 0 Å². The molecule has 0 aromatic carbocycles. The number of carbonyl (C=O) groups is 2. The number of thioether (sulfide) groups is 1. The van der Waals surface area contributed by atoms with Crippen LogP contribution in [0.15, 0.2) is 12.3 Å². The lowest BCUT2D eigenvalue weighted by atomic mass is 10.1. The molecule has 25 heavy (non-hydrogen) atoms. The second kappa shape index (κ2) is 10.7. The molecule has 0 aliphatic heterocycles. The Labute approximate surface area is 154 Å². The van der Waals surface area contributed by atoms with E-state index in [0.717, 1.165) is 11.8 Å². The van der Waals surface area contributed by atoms with E-state index in [1.54, 1.807) is 41.5 Å². The van der Waals surface area contributed by atoms with Crippen LogP contribution in [0.5, 0.6) is 0 Å². The zero-order valence-corrected chi connectivity index (χ0v) is 16.7. The molecule has 1 unspecified atom stereocenters. The summed E-state index contributed by atoms with van der Waals surface area (Å²) in [5.41, 5.74) is -0.590. The summed E-state index contributed by atoms with van der Waals surface area (Å²) in [4.78, 5) is 23.8. The summed E-state index contributed by atoms with van der Waals surface area (Å²) in [5.74, 6) is -0.452. The number of aliphatic hydroxyl groups is 1. The zero-order valence-electron chi connectivity index (χ0n) is 15.9. The van der Waals surface area contributed by atoms with Crippen LogP contribution in [0.3, 0.4) is 0 Å². The van der Waals surface area contributed by atoms with Crippen LogP contribution in [0.4, 0.5) is 0 Å². The van der Waals surface area contributed by atoms with Gasteiger partial charge in [-0.25, -0.2) is 0 Å². The fraction of sp³-hybridized carbons (Fsp3) is 0.765. The van der Waals surface area contributed by atoms with Crippen LogP contribution in [-0.4, -0.2) is 59.3 Å². The first-order valence-corrected chi connectivity index (χ1v) is 8.89. The molecular formula is C17H30O7S. The molecule has 0 fully saturated rings. The van der Waals surface area contributed by atoms with E-state index >= 15 is 0 Å². The molecule has 0 spiro atoms. The first-order chi connectivity index (χ1) is 11.3. The molecule has 8 heteroatoms. The number of hydrogen-bond acceptors (Lipinski definition) is 8. The number of esters is 2. The van der Waals surface area contributed by atoms with E-state index < -0.39 is 28.4 Å². The fourth-order valence-corrected chi connectivity index (χ4v) is 2.03. The Morgan fingerprint density at radius 3 is 2.24 bits per heavy atom. The highest BCUT2D eigenvalue weighted by Crippen LogP contribution is 2.28. The monoisotopic (exact) mass is 378 g/mol. The lowest BCUT2D eigenvalue weighted by Crippen LogP contribution is -2.37. The van der Waals surface area contributed by atoms with Crippen LogP contribution in [0.1, 0.15) is 41.5 Å². The Kier molecular flexibility index (Phi) is 10.1. The predicted octanol–water partition coefficient (Wildman–Crippen LogP) is 2.27. The molecule has 0 aliphatic carbocycles. The summed E-state index contributed by atoms with van der Waals surface area (Å²) in [5, 5.41) is 9.65. The molecule has 7 nitrogen and oxygen atoms in total. The minimum atomic E-state index is -0.957. The predicted molar refractivity (Wildman–Crippen MR) is 96.1 cm³/mol. The van der Waals surface area contributed by atoms with E-state index in [1.807, 2.05) is 0 Å². The minimum Gasteiger partial charge on any atom is -0.473 e. The van der Waals surface area contributed by atoms with Crippen molar-refractivity contribution in [2.24, 2.45) is 0 Å². The number of aliphatic hydroxyl groups excluding tert-OH is 1. The Balaban J connectivity index is 4.05. The Bertz CT molecular complexity index is 454. The lowest BCUT2D eigenvalue weighted by Gasteiger charge is -2.27. The van der Waals surface area contributed by atoms with Crippen molar-refractivity contribution in [3.63, 3.8) is 0 Å². The third kappa shape index (κ3) is 12.7. The normalized spacial score (nSPS) is 13.1. The van der Waals surface area contributed by atoms with Gasteiger partial charge in [0.1, 0.15) is 23.1 Å². The SMILES string of the molecule is C=C(C)OCOCC(O)COC(=O)CSC(C)(C)C(=O)OC(C)(C)C. The molecular weight excluding hydrogens is 348 g/mol. The van der Waals surface area contributed by atoms with Crippen LogP contribution in [0, 0.1) is 0 Å². The molecule has 0 heterocycles. The summed E-state index contributed by atoms with van der Waals surface area (Å²) in [7, 11) is 0. The molecule has 0 saturated heterocycles. The second-order valence-electron chi connectivity index (χ2n) is 6.97. The zero-order chi connectivity index (χ0) is 19.7. The van der Waals surface area contributed by atoms with Crippen molar-refractivity contribution in [2.75, 3.05) is 25.8 Å². The molecule has 1 atom stereocenters. The quantitative estimate of drug-likeness (QED) is 0.253. The number of hydrogen-bond donors (Lipinski definition) is 1. The van der Waals surface area contributed by atoms with Gasteiger partial charge >= 0.3 is 11.9 Å². The summed E-state index contributed by atoms with van der Waals surface area (Å²) in [6.45, 7) is 13.7. The highest BCUT2D eigenvalue weighted by atomic mass is 32.2. The molecule has 0 aromatic heterocycles. The van der Waals surface area contributed by atoms with Crippen molar-refractivity contribution in [3.8, 4) is 0 Å². The minimum absolute atomic E-state index is 0.0275. The highest BCUT2D eigenvalue weighted by molar-refractivity contribution is 8.01. The second-order valence-corrected chi connectivity index (χ2v) is 8.57. The van der Waals surface area contributed by atoms with Gasteiger partial charge in [0.05, 0.1) is 18.1 Å². The highest BCUT2D eigenvalue weighted by Gasteiger charge is 2.33. The first kappa shape index (κ1) is 23.8. The Hall–Kier alpha value is -1.25. The summed E-state index contributed by atoms with van der Waals surface area (Å²) >= 11 is 1.12. The fourth-order valence-electron chi connectivity index (χ4n) is 1.30. The van der Waals surface area contributed by atoms with Crippen LogP contribution in [-0.2, 0) is 28.5 Å².